The minimum absolute atomic E-state index is 0.0115. The topological polar surface area (TPSA) is 114 Å². The first-order valence-corrected chi connectivity index (χ1v) is 11.2. The number of nitrogens with zero attached hydrogens (tertiary/aromatic N) is 2. The normalized spacial score (nSPS) is 10.6. The number of nitro groups is 1. The van der Waals surface area contributed by atoms with Crippen LogP contribution in [-0.4, -0.2) is 27.5 Å². The Labute approximate surface area is 190 Å². The van der Waals surface area contributed by atoms with Crippen LogP contribution in [0.4, 0.5) is 17.1 Å². The van der Waals surface area contributed by atoms with Gasteiger partial charge in [0, 0.05) is 17.4 Å². The van der Waals surface area contributed by atoms with Crippen LogP contribution in [0, 0.1) is 10.1 Å². The van der Waals surface area contributed by atoms with Gasteiger partial charge in [-0.05, 0) is 36.4 Å². The summed E-state index contributed by atoms with van der Waals surface area (Å²) in [6.45, 7) is 0. The molecule has 8 nitrogen and oxygen atoms in total. The lowest BCUT2D eigenvalue weighted by molar-refractivity contribution is -0.385. The number of thiazole rings is 1. The number of aromatic nitrogens is 1. The molecule has 160 valence electrons. The van der Waals surface area contributed by atoms with E-state index in [0.29, 0.717) is 5.69 Å². The third-order valence-electron chi connectivity index (χ3n) is 4.36. The molecule has 2 amide bonds. The van der Waals surface area contributed by atoms with E-state index < -0.39 is 10.8 Å². The zero-order valence-electron chi connectivity index (χ0n) is 16.5. The lowest BCUT2D eigenvalue weighted by Gasteiger charge is -2.05. The number of thioether (sulfide) groups is 1. The number of amides is 2. The average Bonchev–Trinajstić information content (AvgIpc) is 3.20. The molecule has 4 rings (SSSR count). The Morgan fingerprint density at radius 2 is 1.72 bits per heavy atom. The molecule has 0 aliphatic carbocycles. The maximum atomic E-state index is 12.5. The summed E-state index contributed by atoms with van der Waals surface area (Å²) in [6, 6.07) is 20.2. The van der Waals surface area contributed by atoms with Gasteiger partial charge in [-0.2, -0.15) is 0 Å². The summed E-state index contributed by atoms with van der Waals surface area (Å²) in [5, 5.41) is 16.7. The molecular weight excluding hydrogens is 448 g/mol. The van der Waals surface area contributed by atoms with Crippen LogP contribution in [0.3, 0.4) is 0 Å². The molecular formula is C22H16N4O4S2. The third-order valence-corrected chi connectivity index (χ3v) is 6.52. The number of para-hydroxylation sites is 2. The molecule has 0 atom stereocenters. The Morgan fingerprint density at radius 3 is 2.50 bits per heavy atom. The number of nitro benzene ring substituents is 1. The predicted molar refractivity (Wildman–Crippen MR) is 126 cm³/mol. The van der Waals surface area contributed by atoms with Crippen LogP contribution in [-0.2, 0) is 4.79 Å². The fraction of sp³-hybridized carbons (Fsp3) is 0.0455. The van der Waals surface area contributed by atoms with Crippen LogP contribution in [0.25, 0.3) is 10.2 Å². The minimum atomic E-state index is -0.585. The van der Waals surface area contributed by atoms with E-state index in [0.717, 1.165) is 20.2 Å². The van der Waals surface area contributed by atoms with Crippen molar-refractivity contribution in [3.8, 4) is 0 Å². The van der Waals surface area contributed by atoms with Gasteiger partial charge in [-0.25, -0.2) is 4.98 Å². The lowest BCUT2D eigenvalue weighted by Crippen LogP contribution is -2.13. The van der Waals surface area contributed by atoms with E-state index in [1.807, 2.05) is 30.3 Å². The van der Waals surface area contributed by atoms with Gasteiger partial charge in [0.05, 0.1) is 20.9 Å². The second-order valence-electron chi connectivity index (χ2n) is 6.59. The van der Waals surface area contributed by atoms with Crippen molar-refractivity contribution in [3.63, 3.8) is 0 Å². The van der Waals surface area contributed by atoms with Crippen molar-refractivity contribution >= 4 is 62.2 Å². The van der Waals surface area contributed by atoms with E-state index in [2.05, 4.69) is 15.6 Å². The fourth-order valence-corrected chi connectivity index (χ4v) is 4.82. The van der Waals surface area contributed by atoms with Gasteiger partial charge in [0.2, 0.25) is 5.91 Å². The molecule has 0 aliphatic heterocycles. The number of nitrogens with one attached hydrogen (secondary N) is 2. The summed E-state index contributed by atoms with van der Waals surface area (Å²) in [5.74, 6) is -0.470. The molecule has 0 fully saturated rings. The molecule has 4 aromatic rings. The summed E-state index contributed by atoms with van der Waals surface area (Å²) < 4.78 is 1.56. The van der Waals surface area contributed by atoms with E-state index in [-0.39, 0.29) is 22.9 Å². The second-order valence-corrected chi connectivity index (χ2v) is 8.85. The van der Waals surface area contributed by atoms with Crippen LogP contribution in [0.15, 0.2) is 77.1 Å². The molecule has 0 bridgehead atoms. The Morgan fingerprint density at radius 1 is 0.969 bits per heavy atom. The van der Waals surface area contributed by atoms with Crippen molar-refractivity contribution in [2.24, 2.45) is 0 Å². The summed E-state index contributed by atoms with van der Waals surface area (Å²) in [4.78, 5) is 39.7. The molecule has 0 radical (unpaired) electrons. The average molecular weight is 465 g/mol. The van der Waals surface area contributed by atoms with Gasteiger partial charge in [0.1, 0.15) is 5.56 Å². The molecule has 0 unspecified atom stereocenters. The highest BCUT2D eigenvalue weighted by Gasteiger charge is 2.19. The van der Waals surface area contributed by atoms with E-state index >= 15 is 0 Å². The van der Waals surface area contributed by atoms with E-state index in [1.165, 1.54) is 41.3 Å². The monoisotopic (exact) mass is 464 g/mol. The maximum Gasteiger partial charge on any atom is 0.282 e. The van der Waals surface area contributed by atoms with Crippen LogP contribution in [0.5, 0.6) is 0 Å². The molecule has 0 aliphatic rings. The van der Waals surface area contributed by atoms with Crippen molar-refractivity contribution in [1.29, 1.82) is 0 Å². The van der Waals surface area contributed by atoms with Crippen molar-refractivity contribution < 1.29 is 14.5 Å². The van der Waals surface area contributed by atoms with Gasteiger partial charge in [-0.15, -0.1) is 11.3 Å². The number of rotatable bonds is 7. The number of fused-ring (bicyclic) bond motifs is 1. The Kier molecular flexibility index (Phi) is 6.43. The van der Waals surface area contributed by atoms with Crippen LogP contribution < -0.4 is 10.6 Å². The smallest absolute Gasteiger partial charge is 0.282 e. The Bertz CT molecular complexity index is 1310. The lowest BCUT2D eigenvalue weighted by atomic mass is 10.1. The summed E-state index contributed by atoms with van der Waals surface area (Å²) in [7, 11) is 0. The van der Waals surface area contributed by atoms with Gasteiger partial charge in [-0.1, -0.05) is 42.1 Å². The molecule has 0 spiro atoms. The third kappa shape index (κ3) is 5.10. The molecule has 0 saturated heterocycles. The van der Waals surface area contributed by atoms with Gasteiger partial charge >= 0.3 is 0 Å². The molecule has 32 heavy (non-hydrogen) atoms. The molecule has 1 heterocycles. The number of carbonyl (C=O) groups is 2. The first kappa shape index (κ1) is 21.5. The first-order chi connectivity index (χ1) is 15.5. The quantitative estimate of drug-likeness (QED) is 0.221. The van der Waals surface area contributed by atoms with Crippen LogP contribution in [0.1, 0.15) is 10.4 Å². The van der Waals surface area contributed by atoms with Crippen molar-refractivity contribution in [3.05, 3.63) is 88.5 Å². The van der Waals surface area contributed by atoms with Crippen molar-refractivity contribution in [2.45, 2.75) is 4.34 Å². The first-order valence-electron chi connectivity index (χ1n) is 9.42. The number of benzene rings is 3. The van der Waals surface area contributed by atoms with Crippen LogP contribution >= 0.6 is 23.1 Å². The molecule has 3 aromatic carbocycles. The SMILES string of the molecule is O=C(CSc1nc2ccc(NC(=O)c3ccccc3[N+](=O)[O-])cc2s1)Nc1ccccc1. The number of carbonyl (C=O) groups excluding carboxylic acids is 2. The number of hydrogen-bond acceptors (Lipinski definition) is 7. The number of hydrogen-bond donors (Lipinski definition) is 2. The van der Waals surface area contributed by atoms with Crippen molar-refractivity contribution in [1.82, 2.24) is 4.98 Å². The summed E-state index contributed by atoms with van der Waals surface area (Å²) in [5.41, 5.74) is 1.72. The zero-order valence-corrected chi connectivity index (χ0v) is 18.1. The highest BCUT2D eigenvalue weighted by molar-refractivity contribution is 8.01. The Balaban J connectivity index is 1.42. The molecule has 10 heteroatoms. The zero-order chi connectivity index (χ0) is 22.5. The Hall–Kier alpha value is -3.76. The molecule has 0 saturated carbocycles. The molecule has 2 N–H and O–H groups in total. The summed E-state index contributed by atoms with van der Waals surface area (Å²) in [6.07, 6.45) is 0. The fourth-order valence-electron chi connectivity index (χ4n) is 2.91. The van der Waals surface area contributed by atoms with Gasteiger partial charge in [0.15, 0.2) is 4.34 Å². The van der Waals surface area contributed by atoms with Crippen LogP contribution in [0.2, 0.25) is 0 Å². The standard InChI is InChI=1S/C22H16N4O4S2/c27-20(23-14-6-2-1-3-7-14)13-31-22-25-17-11-10-15(12-19(17)32-22)24-21(28)16-8-4-5-9-18(16)26(29)30/h1-12H,13H2,(H,23,27)(H,24,28). The van der Waals surface area contributed by atoms with Crippen molar-refractivity contribution in [2.75, 3.05) is 16.4 Å². The minimum Gasteiger partial charge on any atom is -0.325 e. The van der Waals surface area contributed by atoms with Gasteiger partial charge < -0.3 is 10.6 Å². The van der Waals surface area contributed by atoms with E-state index in [1.54, 1.807) is 24.3 Å². The predicted octanol–water partition coefficient (Wildman–Crippen LogP) is 5.19. The highest BCUT2D eigenvalue weighted by atomic mass is 32.2. The maximum absolute atomic E-state index is 12.5. The van der Waals surface area contributed by atoms with Gasteiger partial charge in [-0.3, -0.25) is 19.7 Å². The van der Waals surface area contributed by atoms with E-state index in [4.69, 9.17) is 0 Å². The molecule has 1 aromatic heterocycles. The largest absolute Gasteiger partial charge is 0.325 e. The van der Waals surface area contributed by atoms with E-state index in [9.17, 15) is 19.7 Å². The second kappa shape index (κ2) is 9.58. The van der Waals surface area contributed by atoms with Gasteiger partial charge in [0.25, 0.3) is 11.6 Å². The number of anilines is 2. The highest BCUT2D eigenvalue weighted by Crippen LogP contribution is 2.31. The summed E-state index contributed by atoms with van der Waals surface area (Å²) >= 11 is 2.73.